The first-order valence-electron chi connectivity index (χ1n) is 4.05. The van der Waals surface area contributed by atoms with Gasteiger partial charge in [-0.2, -0.15) is 0 Å². The molecule has 0 spiro atoms. The molecule has 0 amide bonds. The van der Waals surface area contributed by atoms with E-state index in [4.69, 9.17) is 16.7 Å². The molecule has 0 aliphatic rings. The van der Waals surface area contributed by atoms with Gasteiger partial charge in [-0.25, -0.2) is 4.39 Å². The van der Waals surface area contributed by atoms with Crippen LogP contribution in [0.25, 0.3) is 0 Å². The molecule has 0 radical (unpaired) electrons. The van der Waals surface area contributed by atoms with Crippen LogP contribution in [0.3, 0.4) is 0 Å². The van der Waals surface area contributed by atoms with Gasteiger partial charge in [0.1, 0.15) is 5.82 Å². The summed E-state index contributed by atoms with van der Waals surface area (Å²) >= 11 is 5.68. The number of halogens is 2. The second kappa shape index (κ2) is 3.58. The molecule has 0 aromatic heterocycles. The Morgan fingerprint density at radius 2 is 2.07 bits per heavy atom. The van der Waals surface area contributed by atoms with Gasteiger partial charge in [-0.1, -0.05) is 23.7 Å². The topological polar surface area (TPSA) is 37.3 Å². The number of hydrogen-bond acceptors (Lipinski definition) is 1. The first-order valence-corrected chi connectivity index (χ1v) is 4.43. The van der Waals surface area contributed by atoms with Gasteiger partial charge >= 0.3 is 5.97 Å². The van der Waals surface area contributed by atoms with Gasteiger partial charge in [0.2, 0.25) is 0 Å². The Morgan fingerprint density at radius 3 is 2.57 bits per heavy atom. The number of carbonyl (C=O) groups is 1. The molecule has 0 bridgehead atoms. The molecule has 0 saturated heterocycles. The summed E-state index contributed by atoms with van der Waals surface area (Å²) in [6.45, 7) is 2.96. The molecule has 0 heterocycles. The molecule has 1 N–H and O–H groups in total. The molecule has 1 rings (SSSR count). The fourth-order valence-electron chi connectivity index (χ4n) is 1.10. The van der Waals surface area contributed by atoms with Crippen LogP contribution in [-0.2, 0) is 10.2 Å². The van der Waals surface area contributed by atoms with Gasteiger partial charge in [-0.05, 0) is 25.5 Å². The molecule has 1 aromatic carbocycles. The summed E-state index contributed by atoms with van der Waals surface area (Å²) in [5.41, 5.74) is -0.897. The lowest BCUT2D eigenvalue weighted by Crippen LogP contribution is -2.29. The highest BCUT2D eigenvalue weighted by atomic mass is 35.5. The van der Waals surface area contributed by atoms with E-state index in [-0.39, 0.29) is 10.6 Å². The third-order valence-electron chi connectivity index (χ3n) is 2.16. The number of carboxylic acids is 1. The van der Waals surface area contributed by atoms with E-state index in [0.717, 1.165) is 0 Å². The number of rotatable bonds is 2. The molecule has 0 aliphatic carbocycles. The SMILES string of the molecule is CC(C)(C(=O)O)c1cccc(F)c1Cl. The van der Waals surface area contributed by atoms with Gasteiger partial charge in [0.05, 0.1) is 10.4 Å². The predicted molar refractivity (Wildman–Crippen MR) is 52.1 cm³/mol. The number of carboxylic acid groups (broad SMARTS) is 1. The number of hydrogen-bond donors (Lipinski definition) is 1. The monoisotopic (exact) mass is 216 g/mol. The summed E-state index contributed by atoms with van der Waals surface area (Å²) in [7, 11) is 0. The Hall–Kier alpha value is -1.09. The molecule has 0 unspecified atom stereocenters. The highest BCUT2D eigenvalue weighted by Gasteiger charge is 2.32. The zero-order valence-corrected chi connectivity index (χ0v) is 8.60. The largest absolute Gasteiger partial charge is 0.481 e. The minimum Gasteiger partial charge on any atom is -0.481 e. The zero-order chi connectivity index (χ0) is 10.9. The standard InChI is InChI=1S/C10H10ClFO2/c1-10(2,9(13)14)6-4-3-5-7(12)8(6)11/h3-5H,1-2H3,(H,13,14). The maximum Gasteiger partial charge on any atom is 0.313 e. The second-order valence-electron chi connectivity index (χ2n) is 3.53. The molecule has 0 atom stereocenters. The third kappa shape index (κ3) is 1.73. The Balaban J connectivity index is 3.33. The van der Waals surface area contributed by atoms with Gasteiger partial charge in [0.25, 0.3) is 0 Å². The predicted octanol–water partition coefficient (Wildman–Crippen LogP) is 2.84. The van der Waals surface area contributed by atoms with E-state index in [9.17, 15) is 9.18 Å². The minimum atomic E-state index is -1.18. The van der Waals surface area contributed by atoms with Crippen LogP contribution in [-0.4, -0.2) is 11.1 Å². The van der Waals surface area contributed by atoms with Crippen LogP contribution in [0.15, 0.2) is 18.2 Å². The zero-order valence-electron chi connectivity index (χ0n) is 7.84. The van der Waals surface area contributed by atoms with Crippen molar-refractivity contribution in [1.82, 2.24) is 0 Å². The van der Waals surface area contributed by atoms with Crippen molar-refractivity contribution in [2.24, 2.45) is 0 Å². The fourth-order valence-corrected chi connectivity index (χ4v) is 1.46. The Labute approximate surface area is 86.3 Å². The molecule has 76 valence electrons. The van der Waals surface area contributed by atoms with Crippen molar-refractivity contribution >= 4 is 17.6 Å². The number of benzene rings is 1. The van der Waals surface area contributed by atoms with Crippen molar-refractivity contribution < 1.29 is 14.3 Å². The summed E-state index contributed by atoms with van der Waals surface area (Å²) in [5, 5.41) is 8.80. The average Bonchev–Trinajstić information content (AvgIpc) is 2.09. The lowest BCUT2D eigenvalue weighted by atomic mass is 9.85. The lowest BCUT2D eigenvalue weighted by molar-refractivity contribution is -0.142. The lowest BCUT2D eigenvalue weighted by Gasteiger charge is -2.20. The molecular formula is C10H10ClFO2. The molecule has 0 fully saturated rings. The fraction of sp³-hybridized carbons (Fsp3) is 0.300. The minimum absolute atomic E-state index is 0.125. The van der Waals surface area contributed by atoms with Gasteiger partial charge in [0, 0.05) is 0 Å². The van der Waals surface area contributed by atoms with Crippen molar-refractivity contribution in [3.05, 3.63) is 34.6 Å². The Bertz CT molecular complexity index is 374. The van der Waals surface area contributed by atoms with Gasteiger partial charge in [-0.15, -0.1) is 0 Å². The molecule has 2 nitrogen and oxygen atoms in total. The van der Waals surface area contributed by atoms with Gasteiger partial charge in [0.15, 0.2) is 0 Å². The van der Waals surface area contributed by atoms with Crippen molar-refractivity contribution in [2.75, 3.05) is 0 Å². The second-order valence-corrected chi connectivity index (χ2v) is 3.91. The van der Waals surface area contributed by atoms with Crippen molar-refractivity contribution in [2.45, 2.75) is 19.3 Å². The molecule has 0 saturated carbocycles. The highest BCUT2D eigenvalue weighted by Crippen LogP contribution is 2.31. The van der Waals surface area contributed by atoms with E-state index >= 15 is 0 Å². The molecule has 0 aliphatic heterocycles. The first kappa shape index (κ1) is 11.0. The third-order valence-corrected chi connectivity index (χ3v) is 2.54. The maximum atomic E-state index is 13.0. The number of aliphatic carboxylic acids is 1. The van der Waals surface area contributed by atoms with E-state index in [1.807, 2.05) is 0 Å². The normalized spacial score (nSPS) is 11.4. The summed E-state index contributed by atoms with van der Waals surface area (Å²) in [6, 6.07) is 4.16. The average molecular weight is 217 g/mol. The van der Waals surface area contributed by atoms with Crippen LogP contribution in [0.2, 0.25) is 5.02 Å². The summed E-state index contributed by atoms with van der Waals surface area (Å²) in [6.07, 6.45) is 0. The Morgan fingerprint density at radius 1 is 1.50 bits per heavy atom. The van der Waals surface area contributed by atoms with Crippen molar-refractivity contribution in [3.63, 3.8) is 0 Å². The van der Waals surface area contributed by atoms with Crippen LogP contribution in [0.5, 0.6) is 0 Å². The molecule has 4 heteroatoms. The Kier molecular flexibility index (Phi) is 2.81. The molecular weight excluding hydrogens is 207 g/mol. The van der Waals surface area contributed by atoms with E-state index in [0.29, 0.717) is 0 Å². The van der Waals surface area contributed by atoms with Crippen LogP contribution in [0, 0.1) is 5.82 Å². The summed E-state index contributed by atoms with van der Waals surface area (Å²) < 4.78 is 13.0. The maximum absolute atomic E-state index is 13.0. The molecule has 14 heavy (non-hydrogen) atoms. The van der Waals surface area contributed by atoms with Crippen molar-refractivity contribution in [1.29, 1.82) is 0 Å². The molecule has 1 aromatic rings. The summed E-state index contributed by atoms with van der Waals surface area (Å²) in [4.78, 5) is 10.9. The van der Waals surface area contributed by atoms with Crippen LogP contribution >= 0.6 is 11.6 Å². The van der Waals surface area contributed by atoms with E-state index in [2.05, 4.69) is 0 Å². The van der Waals surface area contributed by atoms with Crippen molar-refractivity contribution in [3.8, 4) is 0 Å². The quantitative estimate of drug-likeness (QED) is 0.826. The highest BCUT2D eigenvalue weighted by molar-refractivity contribution is 6.31. The van der Waals surface area contributed by atoms with E-state index in [1.54, 1.807) is 0 Å². The van der Waals surface area contributed by atoms with Crippen LogP contribution < -0.4 is 0 Å². The van der Waals surface area contributed by atoms with Gasteiger partial charge in [-0.3, -0.25) is 4.79 Å². The van der Waals surface area contributed by atoms with Crippen LogP contribution in [0.1, 0.15) is 19.4 Å². The van der Waals surface area contributed by atoms with E-state index in [1.165, 1.54) is 32.0 Å². The van der Waals surface area contributed by atoms with E-state index < -0.39 is 17.2 Å². The first-order chi connectivity index (χ1) is 6.37. The van der Waals surface area contributed by atoms with Gasteiger partial charge < -0.3 is 5.11 Å². The smallest absolute Gasteiger partial charge is 0.313 e. The summed E-state index contributed by atoms with van der Waals surface area (Å²) in [5.74, 6) is -1.64. The van der Waals surface area contributed by atoms with Crippen LogP contribution in [0.4, 0.5) is 4.39 Å².